The fraction of sp³-hybridized carbons (Fsp3) is 0.667. The number of likely N-dealkylation sites (tertiary alicyclic amines) is 1. The lowest BCUT2D eigenvalue weighted by Crippen LogP contribution is -2.35. The summed E-state index contributed by atoms with van der Waals surface area (Å²) in [6.45, 7) is 7.70. The molecule has 0 aliphatic carbocycles. The van der Waals surface area contributed by atoms with Gasteiger partial charge in [-0.05, 0) is 38.5 Å². The first-order valence-corrected chi connectivity index (χ1v) is 8.14. The number of amides is 1. The van der Waals surface area contributed by atoms with Crippen molar-refractivity contribution >= 4 is 17.7 Å². The van der Waals surface area contributed by atoms with Crippen LogP contribution >= 0.6 is 11.8 Å². The van der Waals surface area contributed by atoms with Crippen LogP contribution in [-0.4, -0.2) is 34.9 Å². The molecule has 1 saturated heterocycles. The minimum Gasteiger partial charge on any atom is -0.466 e. The van der Waals surface area contributed by atoms with E-state index in [-0.39, 0.29) is 5.91 Å². The molecular formula is C15H23NO2S. The molecule has 0 spiro atoms. The molecule has 0 saturated carbocycles. The second-order valence-electron chi connectivity index (χ2n) is 5.15. The third-order valence-electron chi connectivity index (χ3n) is 3.59. The molecule has 0 aromatic carbocycles. The van der Waals surface area contributed by atoms with E-state index in [1.165, 1.54) is 12.8 Å². The number of hydrogen-bond acceptors (Lipinski definition) is 3. The Morgan fingerprint density at radius 1 is 1.47 bits per heavy atom. The Kier molecular flexibility index (Phi) is 4.97. The number of carbonyl (C=O) groups excluding carboxylic acids is 1. The van der Waals surface area contributed by atoms with Crippen molar-refractivity contribution in [3.05, 3.63) is 23.2 Å². The summed E-state index contributed by atoms with van der Waals surface area (Å²) in [7, 11) is 0. The molecule has 106 valence electrons. The zero-order chi connectivity index (χ0) is 13.8. The maximum atomic E-state index is 12.6. The highest BCUT2D eigenvalue weighted by Crippen LogP contribution is 2.24. The molecule has 1 aromatic rings. The lowest BCUT2D eigenvalue weighted by Gasteiger charge is -2.23. The van der Waals surface area contributed by atoms with Crippen LogP contribution < -0.4 is 0 Å². The summed E-state index contributed by atoms with van der Waals surface area (Å²) in [6.07, 6.45) is 3.57. The Hall–Kier alpha value is -0.900. The number of carbonyl (C=O) groups is 1. The molecule has 1 fully saturated rings. The SMILES string of the molecule is CCSC1CCCCN(C(=O)c2cc(C)oc2C)C1. The van der Waals surface area contributed by atoms with Crippen LogP contribution in [0.4, 0.5) is 0 Å². The van der Waals surface area contributed by atoms with Gasteiger partial charge in [0.1, 0.15) is 11.5 Å². The molecule has 4 heteroatoms. The van der Waals surface area contributed by atoms with E-state index in [0.29, 0.717) is 5.25 Å². The Balaban J connectivity index is 2.10. The van der Waals surface area contributed by atoms with Gasteiger partial charge in [0, 0.05) is 18.3 Å². The van der Waals surface area contributed by atoms with Gasteiger partial charge in [0.25, 0.3) is 5.91 Å². The molecule has 1 unspecified atom stereocenters. The van der Waals surface area contributed by atoms with Crippen molar-refractivity contribution in [2.75, 3.05) is 18.8 Å². The topological polar surface area (TPSA) is 33.5 Å². The number of aryl methyl sites for hydroxylation is 2. The Morgan fingerprint density at radius 3 is 2.89 bits per heavy atom. The van der Waals surface area contributed by atoms with Gasteiger partial charge in [0.2, 0.25) is 0 Å². The van der Waals surface area contributed by atoms with Crippen LogP contribution in [0.2, 0.25) is 0 Å². The molecule has 1 aliphatic rings. The summed E-state index contributed by atoms with van der Waals surface area (Å²) in [5.41, 5.74) is 0.736. The van der Waals surface area contributed by atoms with Gasteiger partial charge in [-0.1, -0.05) is 13.3 Å². The summed E-state index contributed by atoms with van der Waals surface area (Å²) < 4.78 is 5.48. The van der Waals surface area contributed by atoms with Crippen molar-refractivity contribution in [2.24, 2.45) is 0 Å². The zero-order valence-corrected chi connectivity index (χ0v) is 12.9. The van der Waals surface area contributed by atoms with Crippen molar-refractivity contribution < 1.29 is 9.21 Å². The van der Waals surface area contributed by atoms with Crippen molar-refractivity contribution in [3.63, 3.8) is 0 Å². The van der Waals surface area contributed by atoms with Gasteiger partial charge in [-0.25, -0.2) is 0 Å². The molecule has 19 heavy (non-hydrogen) atoms. The van der Waals surface area contributed by atoms with Crippen LogP contribution in [0.25, 0.3) is 0 Å². The minimum absolute atomic E-state index is 0.137. The van der Waals surface area contributed by atoms with E-state index in [0.717, 1.165) is 42.3 Å². The number of rotatable bonds is 3. The molecule has 2 rings (SSSR count). The zero-order valence-electron chi connectivity index (χ0n) is 12.1. The number of hydrogen-bond donors (Lipinski definition) is 0. The average molecular weight is 281 g/mol. The monoisotopic (exact) mass is 281 g/mol. The molecule has 1 aromatic heterocycles. The van der Waals surface area contributed by atoms with Crippen LogP contribution in [0, 0.1) is 13.8 Å². The van der Waals surface area contributed by atoms with Crippen molar-refractivity contribution in [1.82, 2.24) is 4.90 Å². The average Bonchev–Trinajstić information content (AvgIpc) is 2.59. The fourth-order valence-electron chi connectivity index (χ4n) is 2.67. The van der Waals surface area contributed by atoms with Crippen LogP contribution in [0.5, 0.6) is 0 Å². The molecule has 1 atom stereocenters. The highest BCUT2D eigenvalue weighted by Gasteiger charge is 2.25. The van der Waals surface area contributed by atoms with E-state index in [4.69, 9.17) is 4.42 Å². The highest BCUT2D eigenvalue weighted by atomic mass is 32.2. The fourth-order valence-corrected chi connectivity index (χ4v) is 3.76. The van der Waals surface area contributed by atoms with Crippen LogP contribution in [0.15, 0.2) is 10.5 Å². The minimum atomic E-state index is 0.137. The van der Waals surface area contributed by atoms with E-state index >= 15 is 0 Å². The molecule has 0 radical (unpaired) electrons. The van der Waals surface area contributed by atoms with Gasteiger partial charge in [0.05, 0.1) is 5.56 Å². The van der Waals surface area contributed by atoms with E-state index in [2.05, 4.69) is 6.92 Å². The first kappa shape index (κ1) is 14.5. The van der Waals surface area contributed by atoms with E-state index in [1.54, 1.807) is 0 Å². The summed E-state index contributed by atoms with van der Waals surface area (Å²) in [5.74, 6) is 2.82. The predicted molar refractivity (Wildman–Crippen MR) is 79.9 cm³/mol. The lowest BCUT2D eigenvalue weighted by molar-refractivity contribution is 0.0761. The van der Waals surface area contributed by atoms with Gasteiger partial charge in [0.15, 0.2) is 0 Å². The molecule has 1 aliphatic heterocycles. The summed E-state index contributed by atoms with van der Waals surface area (Å²) in [5, 5.41) is 0.588. The van der Waals surface area contributed by atoms with E-state index < -0.39 is 0 Å². The Labute approximate surface area is 119 Å². The second-order valence-corrected chi connectivity index (χ2v) is 6.73. The van der Waals surface area contributed by atoms with E-state index in [9.17, 15) is 4.79 Å². The van der Waals surface area contributed by atoms with Gasteiger partial charge in [-0.15, -0.1) is 0 Å². The first-order chi connectivity index (χ1) is 9.11. The van der Waals surface area contributed by atoms with Crippen LogP contribution in [0.3, 0.4) is 0 Å². The molecule has 1 amide bonds. The summed E-state index contributed by atoms with van der Waals surface area (Å²) in [6, 6.07) is 1.87. The standard InChI is InChI=1S/C15H23NO2S/c1-4-19-13-7-5-6-8-16(10-13)15(17)14-9-11(2)18-12(14)3/h9,13H,4-8,10H2,1-3H3. The largest absolute Gasteiger partial charge is 0.466 e. The lowest BCUT2D eigenvalue weighted by atomic mass is 10.2. The Bertz CT molecular complexity index is 441. The van der Waals surface area contributed by atoms with Gasteiger partial charge in [-0.3, -0.25) is 4.79 Å². The summed E-state index contributed by atoms with van der Waals surface area (Å²) in [4.78, 5) is 14.6. The molecule has 2 heterocycles. The van der Waals surface area contributed by atoms with Gasteiger partial charge >= 0.3 is 0 Å². The van der Waals surface area contributed by atoms with Crippen LogP contribution in [0.1, 0.15) is 48.1 Å². The molecule has 3 nitrogen and oxygen atoms in total. The maximum Gasteiger partial charge on any atom is 0.257 e. The maximum absolute atomic E-state index is 12.6. The Morgan fingerprint density at radius 2 is 2.26 bits per heavy atom. The number of thioether (sulfide) groups is 1. The second kappa shape index (κ2) is 6.51. The predicted octanol–water partition coefficient (Wildman–Crippen LogP) is 3.64. The summed E-state index contributed by atoms with van der Waals surface area (Å²) >= 11 is 1.97. The normalized spacial score (nSPS) is 20.4. The number of nitrogens with zero attached hydrogens (tertiary/aromatic N) is 1. The van der Waals surface area contributed by atoms with Crippen molar-refractivity contribution in [1.29, 1.82) is 0 Å². The van der Waals surface area contributed by atoms with Crippen LogP contribution in [-0.2, 0) is 0 Å². The molecular weight excluding hydrogens is 258 g/mol. The van der Waals surface area contributed by atoms with Crippen molar-refractivity contribution in [2.45, 2.75) is 45.3 Å². The third-order valence-corrected chi connectivity index (χ3v) is 4.78. The molecule has 0 bridgehead atoms. The quantitative estimate of drug-likeness (QED) is 0.848. The van der Waals surface area contributed by atoms with Gasteiger partial charge < -0.3 is 9.32 Å². The van der Waals surface area contributed by atoms with E-state index in [1.807, 2.05) is 36.6 Å². The number of furan rings is 1. The first-order valence-electron chi connectivity index (χ1n) is 7.09. The molecule has 0 N–H and O–H groups in total. The van der Waals surface area contributed by atoms with Crippen molar-refractivity contribution in [3.8, 4) is 0 Å². The van der Waals surface area contributed by atoms with Gasteiger partial charge in [-0.2, -0.15) is 11.8 Å². The smallest absolute Gasteiger partial charge is 0.257 e. The third kappa shape index (κ3) is 3.56. The highest BCUT2D eigenvalue weighted by molar-refractivity contribution is 7.99.